The van der Waals surface area contributed by atoms with Gasteiger partial charge in [-0.2, -0.15) is 5.10 Å². The monoisotopic (exact) mass is 337 g/mol. The lowest BCUT2D eigenvalue weighted by Gasteiger charge is -2.18. The first kappa shape index (κ1) is 16.4. The number of rotatable bonds is 6. The Morgan fingerprint density at radius 1 is 1.32 bits per heavy atom. The molecule has 1 aromatic carbocycles. The SMILES string of the molecule is Cc1cc(C)n(CC2(CNC(=O)C[C@@H]3CCc4ccccc43)CC2)n1. The van der Waals surface area contributed by atoms with Crippen LogP contribution in [0.25, 0.3) is 0 Å². The average Bonchev–Trinajstić information content (AvgIpc) is 3.13. The molecular formula is C21H27N3O. The molecule has 0 bridgehead atoms. The van der Waals surface area contributed by atoms with Gasteiger partial charge in [-0.3, -0.25) is 9.48 Å². The van der Waals surface area contributed by atoms with E-state index in [1.807, 2.05) is 6.92 Å². The fraction of sp³-hybridized carbons (Fsp3) is 0.524. The molecule has 1 aromatic heterocycles. The van der Waals surface area contributed by atoms with E-state index in [2.05, 4.69) is 52.4 Å². The third kappa shape index (κ3) is 3.48. The van der Waals surface area contributed by atoms with Gasteiger partial charge in [-0.1, -0.05) is 24.3 Å². The highest BCUT2D eigenvalue weighted by Crippen LogP contribution is 2.46. The van der Waals surface area contributed by atoms with E-state index in [-0.39, 0.29) is 11.3 Å². The van der Waals surface area contributed by atoms with Gasteiger partial charge in [-0.25, -0.2) is 0 Å². The molecule has 0 spiro atoms. The number of hydrogen-bond acceptors (Lipinski definition) is 2. The van der Waals surface area contributed by atoms with Gasteiger partial charge in [0.15, 0.2) is 0 Å². The summed E-state index contributed by atoms with van der Waals surface area (Å²) in [5.41, 5.74) is 5.28. The Kier molecular flexibility index (Phi) is 4.14. The minimum absolute atomic E-state index is 0.196. The van der Waals surface area contributed by atoms with E-state index in [1.165, 1.54) is 29.7 Å². The molecule has 0 unspecified atom stereocenters. The number of nitrogens with one attached hydrogen (secondary N) is 1. The third-order valence-corrected chi connectivity index (χ3v) is 5.90. The van der Waals surface area contributed by atoms with Crippen molar-refractivity contribution in [2.45, 2.75) is 58.4 Å². The molecule has 1 heterocycles. The van der Waals surface area contributed by atoms with E-state index < -0.39 is 0 Å². The smallest absolute Gasteiger partial charge is 0.220 e. The lowest BCUT2D eigenvalue weighted by molar-refractivity contribution is -0.121. The summed E-state index contributed by atoms with van der Waals surface area (Å²) in [6, 6.07) is 10.7. The lowest BCUT2D eigenvalue weighted by Crippen LogP contribution is -2.33. The van der Waals surface area contributed by atoms with Crippen molar-refractivity contribution >= 4 is 5.91 Å². The first-order valence-corrected chi connectivity index (χ1v) is 9.40. The first-order chi connectivity index (χ1) is 12.0. The molecule has 1 atom stereocenters. The number of nitrogens with zero attached hydrogens (tertiary/aromatic N) is 2. The summed E-state index contributed by atoms with van der Waals surface area (Å²) in [5.74, 6) is 0.587. The van der Waals surface area contributed by atoms with Crippen molar-refractivity contribution in [2.75, 3.05) is 6.54 Å². The second-order valence-corrected chi connectivity index (χ2v) is 8.00. The van der Waals surface area contributed by atoms with Gasteiger partial charge >= 0.3 is 0 Å². The molecule has 0 aliphatic heterocycles. The van der Waals surface area contributed by atoms with Crippen LogP contribution in [0, 0.1) is 19.3 Å². The van der Waals surface area contributed by atoms with Crippen LogP contribution in [0.15, 0.2) is 30.3 Å². The highest BCUT2D eigenvalue weighted by molar-refractivity contribution is 5.77. The van der Waals surface area contributed by atoms with Crippen LogP contribution in [0.3, 0.4) is 0 Å². The Balaban J connectivity index is 1.31. The van der Waals surface area contributed by atoms with E-state index >= 15 is 0 Å². The standard InChI is InChI=1S/C21H27N3O/c1-15-11-16(2)24(23-15)14-21(9-10-21)13-22-20(25)12-18-8-7-17-5-3-4-6-19(17)18/h3-6,11,18H,7-10,12-14H2,1-2H3,(H,22,25)/t18-/m0/s1. The van der Waals surface area contributed by atoms with Crippen LogP contribution >= 0.6 is 0 Å². The zero-order valence-electron chi connectivity index (χ0n) is 15.2. The molecule has 4 nitrogen and oxygen atoms in total. The number of carbonyl (C=O) groups is 1. The maximum absolute atomic E-state index is 12.5. The first-order valence-electron chi connectivity index (χ1n) is 9.40. The highest BCUT2D eigenvalue weighted by Gasteiger charge is 2.43. The number of aromatic nitrogens is 2. The normalized spacial score (nSPS) is 20.3. The summed E-state index contributed by atoms with van der Waals surface area (Å²) < 4.78 is 2.10. The predicted molar refractivity (Wildman–Crippen MR) is 98.5 cm³/mol. The van der Waals surface area contributed by atoms with Gasteiger partial charge in [0, 0.05) is 30.6 Å². The average molecular weight is 337 g/mol. The molecule has 0 radical (unpaired) electrons. The molecule has 1 amide bonds. The molecule has 1 fully saturated rings. The summed E-state index contributed by atoms with van der Waals surface area (Å²) in [7, 11) is 0. The molecule has 1 saturated carbocycles. The van der Waals surface area contributed by atoms with E-state index in [4.69, 9.17) is 0 Å². The van der Waals surface area contributed by atoms with Gasteiger partial charge in [0.05, 0.1) is 5.69 Å². The molecule has 132 valence electrons. The Hall–Kier alpha value is -2.10. The second-order valence-electron chi connectivity index (χ2n) is 8.00. The van der Waals surface area contributed by atoms with Gasteiger partial charge in [-0.15, -0.1) is 0 Å². The maximum atomic E-state index is 12.5. The van der Waals surface area contributed by atoms with Gasteiger partial charge < -0.3 is 5.32 Å². The van der Waals surface area contributed by atoms with Crippen LogP contribution in [0.2, 0.25) is 0 Å². The number of benzene rings is 1. The second kappa shape index (κ2) is 6.32. The highest BCUT2D eigenvalue weighted by atomic mass is 16.1. The summed E-state index contributed by atoms with van der Waals surface area (Å²) in [5, 5.41) is 7.78. The van der Waals surface area contributed by atoms with Gasteiger partial charge in [0.25, 0.3) is 0 Å². The molecule has 2 aliphatic rings. The molecule has 4 rings (SSSR count). The fourth-order valence-electron chi connectivity index (χ4n) is 4.16. The lowest BCUT2D eigenvalue weighted by atomic mass is 9.97. The minimum atomic E-state index is 0.196. The number of fused-ring (bicyclic) bond motifs is 1. The summed E-state index contributed by atoms with van der Waals surface area (Å²) in [4.78, 5) is 12.5. The number of aryl methyl sites for hydroxylation is 3. The Bertz CT molecular complexity index is 788. The molecule has 25 heavy (non-hydrogen) atoms. The van der Waals surface area contributed by atoms with Crippen molar-refractivity contribution in [3.05, 3.63) is 52.8 Å². The minimum Gasteiger partial charge on any atom is -0.355 e. The number of carbonyl (C=O) groups excluding carboxylic acids is 1. The van der Waals surface area contributed by atoms with Crippen molar-refractivity contribution in [2.24, 2.45) is 5.41 Å². The van der Waals surface area contributed by atoms with E-state index in [9.17, 15) is 4.79 Å². The Morgan fingerprint density at radius 3 is 2.84 bits per heavy atom. The van der Waals surface area contributed by atoms with Crippen molar-refractivity contribution in [1.29, 1.82) is 0 Å². The van der Waals surface area contributed by atoms with Crippen molar-refractivity contribution in [1.82, 2.24) is 15.1 Å². The Morgan fingerprint density at radius 2 is 2.12 bits per heavy atom. The van der Waals surface area contributed by atoms with Crippen LogP contribution in [0.5, 0.6) is 0 Å². The molecular weight excluding hydrogens is 310 g/mol. The van der Waals surface area contributed by atoms with E-state index in [1.54, 1.807) is 0 Å². The topological polar surface area (TPSA) is 46.9 Å². The van der Waals surface area contributed by atoms with Gasteiger partial charge in [0.1, 0.15) is 0 Å². The van der Waals surface area contributed by atoms with Gasteiger partial charge in [0.2, 0.25) is 5.91 Å². The number of amides is 1. The van der Waals surface area contributed by atoms with Crippen molar-refractivity contribution < 1.29 is 4.79 Å². The zero-order valence-corrected chi connectivity index (χ0v) is 15.2. The molecule has 2 aliphatic carbocycles. The molecule has 4 heteroatoms. The predicted octanol–water partition coefficient (Wildman–Crippen LogP) is 3.52. The maximum Gasteiger partial charge on any atom is 0.220 e. The van der Waals surface area contributed by atoms with Crippen LogP contribution in [0.4, 0.5) is 0 Å². The third-order valence-electron chi connectivity index (χ3n) is 5.90. The summed E-state index contributed by atoms with van der Waals surface area (Å²) in [6.45, 7) is 5.83. The fourth-order valence-corrected chi connectivity index (χ4v) is 4.16. The van der Waals surface area contributed by atoms with Crippen molar-refractivity contribution in [3.8, 4) is 0 Å². The molecule has 2 aromatic rings. The van der Waals surface area contributed by atoms with Crippen LogP contribution in [-0.2, 0) is 17.8 Å². The van der Waals surface area contributed by atoms with E-state index in [0.717, 1.165) is 31.6 Å². The summed E-state index contributed by atoms with van der Waals surface area (Å²) in [6.07, 6.45) is 5.18. The largest absolute Gasteiger partial charge is 0.355 e. The zero-order chi connectivity index (χ0) is 17.4. The van der Waals surface area contributed by atoms with Gasteiger partial charge in [-0.05, 0) is 62.6 Å². The molecule has 1 N–H and O–H groups in total. The quantitative estimate of drug-likeness (QED) is 0.877. The number of hydrogen-bond donors (Lipinski definition) is 1. The van der Waals surface area contributed by atoms with Crippen molar-refractivity contribution in [3.63, 3.8) is 0 Å². The van der Waals surface area contributed by atoms with Crippen LogP contribution < -0.4 is 5.32 Å². The molecule has 0 saturated heterocycles. The van der Waals surface area contributed by atoms with E-state index in [0.29, 0.717) is 12.3 Å². The van der Waals surface area contributed by atoms with Crippen LogP contribution in [0.1, 0.15) is 54.1 Å². The van der Waals surface area contributed by atoms with Crippen LogP contribution in [-0.4, -0.2) is 22.2 Å². The summed E-state index contributed by atoms with van der Waals surface area (Å²) >= 11 is 0. The Labute approximate surface area is 149 Å².